The van der Waals surface area contributed by atoms with E-state index in [1.165, 1.54) is 0 Å². The first-order valence-corrected chi connectivity index (χ1v) is 29.0. The lowest BCUT2D eigenvalue weighted by atomic mass is 9.96. The summed E-state index contributed by atoms with van der Waals surface area (Å²) in [5, 5.41) is 0. The molecular weight excluding hydrogens is 1080 g/mol. The van der Waals surface area contributed by atoms with Gasteiger partial charge in [-0.05, 0) is 181 Å². The molecule has 0 saturated heterocycles. The quantitative estimate of drug-likeness (QED) is 0.123. The van der Waals surface area contributed by atoms with E-state index in [0.29, 0.717) is 34.4 Å². The van der Waals surface area contributed by atoms with E-state index < -0.39 is 0 Å². The van der Waals surface area contributed by atoms with Gasteiger partial charge in [-0.1, -0.05) is 97.1 Å². The van der Waals surface area contributed by atoms with Crippen molar-refractivity contribution in [3.8, 4) is 79.2 Å². The second kappa shape index (κ2) is 22.0. The third-order valence-corrected chi connectivity index (χ3v) is 15.9. The van der Waals surface area contributed by atoms with Crippen LogP contribution in [-0.4, -0.2) is 39.9 Å². The van der Waals surface area contributed by atoms with Crippen LogP contribution in [0.3, 0.4) is 0 Å². The number of pyridine rings is 4. The predicted molar refractivity (Wildman–Crippen MR) is 353 cm³/mol. The van der Waals surface area contributed by atoms with Gasteiger partial charge in [0.2, 0.25) is 0 Å². The molecule has 0 saturated carbocycles. The fourth-order valence-electron chi connectivity index (χ4n) is 12.0. The van der Waals surface area contributed by atoms with E-state index in [1.54, 1.807) is 24.8 Å². The molecule has 6 aromatic heterocycles. The number of aromatic nitrogens is 8. The summed E-state index contributed by atoms with van der Waals surface area (Å²) < 4.78 is 0. The van der Waals surface area contributed by atoms with E-state index in [4.69, 9.17) is 29.9 Å². The van der Waals surface area contributed by atoms with E-state index in [2.05, 4.69) is 224 Å². The van der Waals surface area contributed by atoms with Crippen LogP contribution in [0, 0.1) is 0 Å². The SMILES string of the molecule is c1ccc(N2c3ccccc3N(c3cc(-c4cc(-c5nc(-c6cccnc6)cc(-c6ccccn6)n5)cc(N5c6ccccc6N(c6ccccc6)c6ccccc65)c4)cc(-c4nc(-c5cccnc5)cc(-c5ccccn5)n4)c3)c3ccccc32)cc1. The smallest absolute Gasteiger partial charge is 0.160 e. The van der Waals surface area contributed by atoms with Gasteiger partial charge in [-0.2, -0.15) is 0 Å². The molecule has 0 fully saturated rings. The predicted octanol–water partition coefficient (Wildman–Crippen LogP) is 19.0. The molecule has 0 aliphatic carbocycles. The van der Waals surface area contributed by atoms with Gasteiger partial charge in [-0.15, -0.1) is 0 Å². The van der Waals surface area contributed by atoms with E-state index in [9.17, 15) is 0 Å². The molecule has 0 atom stereocenters. The fraction of sp³-hybridized carbons (Fsp3) is 0. The minimum absolute atomic E-state index is 0.512. The van der Waals surface area contributed by atoms with Crippen LogP contribution >= 0.6 is 0 Å². The number of fused-ring (bicyclic) bond motifs is 4. The maximum Gasteiger partial charge on any atom is 0.160 e. The summed E-state index contributed by atoms with van der Waals surface area (Å²) in [6.45, 7) is 0. The summed E-state index contributed by atoms with van der Waals surface area (Å²) in [6, 6.07) is 92.5. The Morgan fingerprint density at radius 1 is 0.205 bits per heavy atom. The molecule has 88 heavy (non-hydrogen) atoms. The second-order valence-corrected chi connectivity index (χ2v) is 21.3. The first-order chi connectivity index (χ1) is 43.6. The van der Waals surface area contributed by atoms with Crippen LogP contribution in [0.1, 0.15) is 0 Å². The van der Waals surface area contributed by atoms with Crippen molar-refractivity contribution in [1.82, 2.24) is 39.9 Å². The highest BCUT2D eigenvalue weighted by molar-refractivity contribution is 6.04. The fourth-order valence-corrected chi connectivity index (χ4v) is 12.0. The molecule has 0 N–H and O–H groups in total. The van der Waals surface area contributed by atoms with Gasteiger partial charge in [0.15, 0.2) is 11.6 Å². The van der Waals surface area contributed by atoms with Crippen molar-refractivity contribution < 1.29 is 0 Å². The van der Waals surface area contributed by atoms with Gasteiger partial charge in [0.05, 0.1) is 79.7 Å². The summed E-state index contributed by atoms with van der Waals surface area (Å²) in [5.74, 6) is 1.02. The van der Waals surface area contributed by atoms with Crippen LogP contribution in [0.5, 0.6) is 0 Å². The molecule has 0 spiro atoms. The zero-order chi connectivity index (χ0) is 58.3. The van der Waals surface area contributed by atoms with Crippen molar-refractivity contribution in [3.63, 3.8) is 0 Å². The lowest BCUT2D eigenvalue weighted by Gasteiger charge is -2.40. The maximum absolute atomic E-state index is 5.43. The minimum atomic E-state index is 0.512. The minimum Gasteiger partial charge on any atom is -0.306 e. The number of anilines is 12. The van der Waals surface area contributed by atoms with E-state index >= 15 is 0 Å². The Bertz CT molecular complexity index is 4360. The number of rotatable bonds is 11. The highest BCUT2D eigenvalue weighted by atomic mass is 15.3. The number of para-hydroxylation sites is 10. The average molecular weight is 1130 g/mol. The summed E-state index contributed by atoms with van der Waals surface area (Å²) in [5.41, 5.74) is 21.2. The molecule has 8 heterocycles. The monoisotopic (exact) mass is 1130 g/mol. The molecule has 16 rings (SSSR count). The molecule has 0 radical (unpaired) electrons. The van der Waals surface area contributed by atoms with Crippen molar-refractivity contribution >= 4 is 68.2 Å². The Kier molecular flexibility index (Phi) is 12.9. The van der Waals surface area contributed by atoms with Crippen LogP contribution in [0.2, 0.25) is 0 Å². The average Bonchev–Trinajstić information content (AvgIpc) is 0.981. The Balaban J connectivity index is 0.982. The van der Waals surface area contributed by atoms with Gasteiger partial charge < -0.3 is 19.6 Å². The summed E-state index contributed by atoms with van der Waals surface area (Å²) in [7, 11) is 0. The van der Waals surface area contributed by atoms with Crippen LogP contribution in [0.4, 0.5) is 68.2 Å². The first kappa shape index (κ1) is 51.4. The van der Waals surface area contributed by atoms with Gasteiger partial charge in [0.25, 0.3) is 0 Å². The van der Waals surface area contributed by atoms with Gasteiger partial charge >= 0.3 is 0 Å². The summed E-state index contributed by atoms with van der Waals surface area (Å²) in [6.07, 6.45) is 10.8. The zero-order valence-electron chi connectivity index (χ0n) is 47.2. The van der Waals surface area contributed by atoms with Crippen molar-refractivity contribution in [3.05, 3.63) is 304 Å². The summed E-state index contributed by atoms with van der Waals surface area (Å²) in [4.78, 5) is 49.8. The molecule has 14 aromatic rings. The molecule has 414 valence electrons. The van der Waals surface area contributed by atoms with Crippen LogP contribution in [0.25, 0.3) is 79.2 Å². The Hall–Kier alpha value is -12.3. The number of hydrogen-bond donors (Lipinski definition) is 0. The lowest BCUT2D eigenvalue weighted by molar-refractivity contribution is 1.15. The standard InChI is InChI=1S/C76H50N12/c1-3-23-57(24-4-1)85-67-29-7-11-33-71(67)87(72-34-12-8-30-68(72)85)59-43-53(41-55(45-59)75-81-63(51-21-19-37-77-49-51)47-65(83-75)61-27-15-17-39-79-61)54-42-56(76-82-64(52-22-20-38-78-50-52)48-66(84-76)62-28-16-18-40-80-62)46-60(44-54)88-73-35-13-9-31-69(73)86(58-25-5-2-6-26-58)70-32-10-14-36-74(70)88/h1-50H. The van der Waals surface area contributed by atoms with Gasteiger partial charge in [-0.3, -0.25) is 19.9 Å². The Morgan fingerprint density at radius 3 is 0.852 bits per heavy atom. The van der Waals surface area contributed by atoms with Crippen LogP contribution in [-0.2, 0) is 0 Å². The van der Waals surface area contributed by atoms with E-state index in [-0.39, 0.29) is 0 Å². The Morgan fingerprint density at radius 2 is 0.523 bits per heavy atom. The molecule has 0 amide bonds. The van der Waals surface area contributed by atoms with Gasteiger partial charge in [-0.25, -0.2) is 19.9 Å². The van der Waals surface area contributed by atoms with Crippen LogP contribution in [0.15, 0.2) is 304 Å². The highest BCUT2D eigenvalue weighted by Gasteiger charge is 2.33. The summed E-state index contributed by atoms with van der Waals surface area (Å²) >= 11 is 0. The third kappa shape index (κ3) is 9.39. The van der Waals surface area contributed by atoms with Crippen molar-refractivity contribution in [1.29, 1.82) is 0 Å². The number of benzene rings is 8. The lowest BCUT2D eigenvalue weighted by Crippen LogP contribution is -2.24. The first-order valence-electron chi connectivity index (χ1n) is 29.0. The zero-order valence-corrected chi connectivity index (χ0v) is 47.2. The molecule has 12 nitrogen and oxygen atoms in total. The van der Waals surface area contributed by atoms with Gasteiger partial charge in [0, 0.05) is 82.2 Å². The second-order valence-electron chi connectivity index (χ2n) is 21.3. The largest absolute Gasteiger partial charge is 0.306 e. The van der Waals surface area contributed by atoms with Crippen molar-refractivity contribution in [2.75, 3.05) is 19.6 Å². The van der Waals surface area contributed by atoms with Crippen LogP contribution < -0.4 is 19.6 Å². The van der Waals surface area contributed by atoms with Crippen molar-refractivity contribution in [2.45, 2.75) is 0 Å². The highest BCUT2D eigenvalue weighted by Crippen LogP contribution is 2.57. The molecule has 8 aromatic carbocycles. The third-order valence-electron chi connectivity index (χ3n) is 15.9. The normalized spacial score (nSPS) is 12.2. The molecule has 0 unspecified atom stereocenters. The van der Waals surface area contributed by atoms with E-state index in [0.717, 1.165) is 113 Å². The van der Waals surface area contributed by atoms with E-state index in [1.807, 2.05) is 85.2 Å². The topological polar surface area (TPSA) is 116 Å². The molecular formula is C76H50N12. The molecule has 2 aliphatic heterocycles. The number of nitrogens with zero attached hydrogens (tertiary/aromatic N) is 12. The molecule has 0 bridgehead atoms. The number of hydrogen-bond acceptors (Lipinski definition) is 12. The molecule has 12 heteroatoms. The van der Waals surface area contributed by atoms with Crippen molar-refractivity contribution in [2.24, 2.45) is 0 Å². The maximum atomic E-state index is 5.43. The van der Waals surface area contributed by atoms with Gasteiger partial charge in [0.1, 0.15) is 0 Å². The Labute approximate surface area is 508 Å². The molecule has 2 aliphatic rings.